The Morgan fingerprint density at radius 1 is 0.700 bits per heavy atom. The molecular weight excluding hydrogens is 488 g/mol. The lowest BCUT2D eigenvalue weighted by Gasteiger charge is -2.09. The fourth-order valence-corrected chi connectivity index (χ4v) is 6.87. The Labute approximate surface area is 231 Å². The number of nitrogens with zero attached hydrogens (tertiary/aromatic N) is 2. The van der Waals surface area contributed by atoms with Gasteiger partial charge in [-0.05, 0) is 42.2 Å². The zero-order valence-electron chi connectivity index (χ0n) is 21.9. The van der Waals surface area contributed by atoms with E-state index in [1.807, 2.05) is 0 Å². The molecule has 0 saturated heterocycles. The van der Waals surface area contributed by atoms with Crippen LogP contribution in [0.3, 0.4) is 0 Å². The van der Waals surface area contributed by atoms with E-state index in [1.165, 1.54) is 49.5 Å². The van der Waals surface area contributed by atoms with E-state index >= 15 is 0 Å². The van der Waals surface area contributed by atoms with Crippen LogP contribution >= 0.6 is 0 Å². The van der Waals surface area contributed by atoms with Crippen molar-refractivity contribution < 1.29 is 0 Å². The second-order valence-electron chi connectivity index (χ2n) is 11.0. The Hall–Kier alpha value is -4.96. The number of rotatable bonds is 0. The Bertz CT molecular complexity index is 2190. The summed E-state index contributed by atoms with van der Waals surface area (Å²) in [6.07, 6.45) is 14.1. The van der Waals surface area contributed by atoms with Crippen LogP contribution in [0, 0.1) is 0 Å². The minimum absolute atomic E-state index is 0.0527. The van der Waals surface area contributed by atoms with Gasteiger partial charge in [-0.1, -0.05) is 84.9 Å². The average Bonchev–Trinajstić information content (AvgIpc) is 3.73. The first-order chi connectivity index (χ1) is 19.8. The van der Waals surface area contributed by atoms with Crippen LogP contribution < -0.4 is 10.7 Å². The normalized spacial score (nSPS) is 22.1. The summed E-state index contributed by atoms with van der Waals surface area (Å²) in [6, 6.07) is 26.1. The number of aromatic amines is 2. The van der Waals surface area contributed by atoms with Gasteiger partial charge < -0.3 is 9.97 Å². The van der Waals surface area contributed by atoms with Gasteiger partial charge in [-0.15, -0.1) is 0 Å². The number of benzene rings is 3. The summed E-state index contributed by atoms with van der Waals surface area (Å²) in [6.45, 7) is 0. The number of aromatic nitrogens is 2. The van der Waals surface area contributed by atoms with E-state index in [-0.39, 0.29) is 6.04 Å². The zero-order chi connectivity index (χ0) is 26.2. The molecule has 0 spiro atoms. The van der Waals surface area contributed by atoms with Gasteiger partial charge in [0.15, 0.2) is 0 Å². The summed E-state index contributed by atoms with van der Waals surface area (Å²) < 4.78 is 0. The molecular formula is C36H26N4. The van der Waals surface area contributed by atoms with E-state index in [2.05, 4.69) is 113 Å². The Morgan fingerprint density at radius 2 is 1.43 bits per heavy atom. The van der Waals surface area contributed by atoms with Crippen molar-refractivity contribution in [2.75, 3.05) is 0 Å². The van der Waals surface area contributed by atoms with Crippen molar-refractivity contribution in [3.8, 4) is 0 Å². The molecule has 1 atom stereocenters. The van der Waals surface area contributed by atoms with Crippen LogP contribution in [0.4, 0.5) is 0 Å². The molecule has 0 amide bonds. The van der Waals surface area contributed by atoms with Crippen molar-refractivity contribution in [1.29, 1.82) is 0 Å². The van der Waals surface area contributed by atoms with Crippen LogP contribution in [0.15, 0.2) is 112 Å². The van der Waals surface area contributed by atoms with Gasteiger partial charge in [-0.3, -0.25) is 4.99 Å². The highest BCUT2D eigenvalue weighted by molar-refractivity contribution is 6.25. The molecule has 190 valence electrons. The highest BCUT2D eigenvalue weighted by atomic mass is 14.9. The quantitative estimate of drug-likeness (QED) is 0.239. The lowest BCUT2D eigenvalue weighted by atomic mass is 9.94. The molecule has 2 aromatic heterocycles. The molecule has 1 aliphatic carbocycles. The molecule has 4 aliphatic rings. The Balaban J connectivity index is 1.38. The van der Waals surface area contributed by atoms with Crippen LogP contribution in [0.2, 0.25) is 0 Å². The molecule has 3 aromatic carbocycles. The maximum absolute atomic E-state index is 5.32. The number of H-pyrrole nitrogens is 2. The topological polar surface area (TPSA) is 56.3 Å². The van der Waals surface area contributed by atoms with Crippen molar-refractivity contribution in [1.82, 2.24) is 9.97 Å². The minimum Gasteiger partial charge on any atom is -0.358 e. The maximum Gasteiger partial charge on any atom is 0.0817 e. The van der Waals surface area contributed by atoms with Crippen molar-refractivity contribution in [3.05, 3.63) is 135 Å². The maximum atomic E-state index is 5.32. The summed E-state index contributed by atoms with van der Waals surface area (Å²) in [7, 11) is 0. The summed E-state index contributed by atoms with van der Waals surface area (Å²) in [5.74, 6) is 0. The van der Waals surface area contributed by atoms with Gasteiger partial charge >= 0.3 is 0 Å². The molecule has 1 unspecified atom stereocenters. The van der Waals surface area contributed by atoms with E-state index in [4.69, 9.17) is 9.98 Å². The molecule has 0 radical (unpaired) electrons. The molecule has 4 heteroatoms. The van der Waals surface area contributed by atoms with Gasteiger partial charge in [-0.25, -0.2) is 4.99 Å². The number of hydrogen-bond donors (Lipinski definition) is 2. The molecule has 3 aliphatic heterocycles. The monoisotopic (exact) mass is 514 g/mol. The van der Waals surface area contributed by atoms with Gasteiger partial charge in [0, 0.05) is 61.2 Å². The first kappa shape index (κ1) is 21.9. The van der Waals surface area contributed by atoms with Crippen LogP contribution in [0.1, 0.15) is 41.4 Å². The standard InChI is InChI=1S/C36H26N4/c1-2-10-22-21(9-1)29-17-31-23-11-3-4-12-24(23)33(38-31)19-35-27-15-7-8-16-28(27)36(40-35)20-34-26-14-6-5-13-25(26)32(39-34)18-30(22)37-29/h1-7,9-15,18-20,29,38-39H,8,16-17H2/b32-18-,34-20-,35-19-. The third-order valence-electron chi connectivity index (χ3n) is 8.73. The number of aliphatic imine (C=N–C) groups is 2. The van der Waals surface area contributed by atoms with E-state index in [0.29, 0.717) is 0 Å². The predicted molar refractivity (Wildman–Crippen MR) is 165 cm³/mol. The van der Waals surface area contributed by atoms with Gasteiger partial charge in [0.2, 0.25) is 0 Å². The highest BCUT2D eigenvalue weighted by Gasteiger charge is 2.27. The fraction of sp³-hybridized carbons (Fsp3) is 0.111. The SMILES string of the molecule is C1=CC2=C(CC1)C1=NC/2=C\c2[nH]c(c3ccccc23)CC2N=C(/C=c3\[nH]/c(c4ccccc34)=C\1)c1ccccc12. The van der Waals surface area contributed by atoms with Crippen molar-refractivity contribution >= 4 is 51.2 Å². The molecule has 5 aromatic rings. The van der Waals surface area contributed by atoms with Crippen LogP contribution in [-0.2, 0) is 6.42 Å². The average molecular weight is 515 g/mol. The van der Waals surface area contributed by atoms with E-state index in [0.717, 1.165) is 52.8 Å². The Morgan fingerprint density at radius 3 is 2.27 bits per heavy atom. The molecule has 9 rings (SSSR count). The van der Waals surface area contributed by atoms with Gasteiger partial charge in [0.05, 0.1) is 23.2 Å². The Kier molecular flexibility index (Phi) is 4.53. The summed E-state index contributed by atoms with van der Waals surface area (Å²) in [4.78, 5) is 18.1. The lowest BCUT2D eigenvalue weighted by Crippen LogP contribution is -2.14. The molecule has 40 heavy (non-hydrogen) atoms. The molecule has 2 N–H and O–H groups in total. The number of fused-ring (bicyclic) bond motifs is 17. The van der Waals surface area contributed by atoms with Crippen LogP contribution in [0.5, 0.6) is 0 Å². The zero-order valence-corrected chi connectivity index (χ0v) is 21.9. The second kappa shape index (κ2) is 8.27. The van der Waals surface area contributed by atoms with Gasteiger partial charge in [0.25, 0.3) is 0 Å². The fourth-order valence-electron chi connectivity index (χ4n) is 6.87. The van der Waals surface area contributed by atoms with Crippen molar-refractivity contribution in [3.63, 3.8) is 0 Å². The van der Waals surface area contributed by atoms with Crippen LogP contribution in [-0.4, -0.2) is 21.4 Å². The molecule has 8 bridgehead atoms. The summed E-state index contributed by atoms with van der Waals surface area (Å²) in [5.41, 5.74) is 10.5. The minimum atomic E-state index is 0.0527. The third kappa shape index (κ3) is 3.19. The van der Waals surface area contributed by atoms with Crippen molar-refractivity contribution in [2.45, 2.75) is 25.3 Å². The summed E-state index contributed by atoms with van der Waals surface area (Å²) >= 11 is 0. The number of nitrogens with one attached hydrogen (secondary N) is 2. The number of allylic oxidation sites excluding steroid dienone is 3. The molecule has 0 saturated carbocycles. The largest absolute Gasteiger partial charge is 0.358 e. The summed E-state index contributed by atoms with van der Waals surface area (Å²) in [5, 5.41) is 7.06. The van der Waals surface area contributed by atoms with E-state index < -0.39 is 0 Å². The van der Waals surface area contributed by atoms with Gasteiger partial charge in [0.1, 0.15) is 0 Å². The molecule has 5 heterocycles. The smallest absolute Gasteiger partial charge is 0.0817 e. The van der Waals surface area contributed by atoms with Crippen molar-refractivity contribution in [2.24, 2.45) is 9.98 Å². The number of hydrogen-bond acceptors (Lipinski definition) is 2. The van der Waals surface area contributed by atoms with E-state index in [9.17, 15) is 0 Å². The molecule has 0 fully saturated rings. The van der Waals surface area contributed by atoms with Crippen LogP contribution in [0.25, 0.3) is 39.8 Å². The lowest BCUT2D eigenvalue weighted by molar-refractivity contribution is 0.731. The van der Waals surface area contributed by atoms with E-state index in [1.54, 1.807) is 0 Å². The third-order valence-corrected chi connectivity index (χ3v) is 8.73. The first-order valence-corrected chi connectivity index (χ1v) is 14.1. The predicted octanol–water partition coefficient (Wildman–Crippen LogP) is 6.45. The highest BCUT2D eigenvalue weighted by Crippen LogP contribution is 2.38. The first-order valence-electron chi connectivity index (χ1n) is 14.1. The molecule has 4 nitrogen and oxygen atoms in total. The van der Waals surface area contributed by atoms with Gasteiger partial charge in [-0.2, -0.15) is 0 Å². The second-order valence-corrected chi connectivity index (χ2v) is 11.0.